The molecule has 0 unspecified atom stereocenters. The van der Waals surface area contributed by atoms with E-state index in [1.807, 2.05) is 29.2 Å². The molecule has 4 heterocycles. The SMILES string of the molecule is Nc1cnc(N2CCC(N3CC(=O)Nc4ccccc4C3)CC2)cc1N1CCS(=O)(=O)CC1. The number of nitrogens with zero attached hydrogens (tertiary/aromatic N) is 4. The summed E-state index contributed by atoms with van der Waals surface area (Å²) in [7, 11) is -2.95. The fourth-order valence-electron chi connectivity index (χ4n) is 4.99. The number of benzene rings is 1. The first kappa shape index (κ1) is 22.0. The quantitative estimate of drug-likeness (QED) is 0.691. The lowest BCUT2D eigenvalue weighted by Gasteiger charge is -2.38. The second kappa shape index (κ2) is 8.83. The monoisotopic (exact) mass is 470 g/mol. The number of nitrogens with one attached hydrogen (secondary N) is 1. The number of hydrogen-bond donors (Lipinski definition) is 2. The van der Waals surface area contributed by atoms with Gasteiger partial charge in [-0.05, 0) is 24.5 Å². The molecule has 0 bridgehead atoms. The first-order valence-corrected chi connectivity index (χ1v) is 13.3. The van der Waals surface area contributed by atoms with Gasteiger partial charge in [0.25, 0.3) is 0 Å². The van der Waals surface area contributed by atoms with Crippen LogP contribution in [0.15, 0.2) is 36.5 Å². The standard InChI is InChI=1S/C23H30N6O3S/c24-19-14-25-22(13-21(19)27-9-11-33(31,32)12-10-27)28-7-5-18(6-8-28)29-15-17-3-1-2-4-20(17)26-23(30)16-29/h1-4,13-14,18H,5-12,15-16,24H2,(H,26,30). The van der Waals surface area contributed by atoms with Crippen LogP contribution < -0.4 is 20.9 Å². The Morgan fingerprint density at radius 2 is 1.73 bits per heavy atom. The number of carbonyl (C=O) groups is 1. The second-order valence-electron chi connectivity index (χ2n) is 9.07. The van der Waals surface area contributed by atoms with Crippen LogP contribution in [0, 0.1) is 0 Å². The minimum absolute atomic E-state index is 0.0377. The van der Waals surface area contributed by atoms with E-state index >= 15 is 0 Å². The van der Waals surface area contributed by atoms with Crippen molar-refractivity contribution in [2.45, 2.75) is 25.4 Å². The fourth-order valence-corrected chi connectivity index (χ4v) is 6.19. The van der Waals surface area contributed by atoms with E-state index in [2.05, 4.69) is 26.2 Å². The van der Waals surface area contributed by atoms with Crippen molar-refractivity contribution in [1.82, 2.24) is 9.88 Å². The molecule has 1 amide bonds. The highest BCUT2D eigenvalue weighted by atomic mass is 32.2. The van der Waals surface area contributed by atoms with Crippen LogP contribution in [0.25, 0.3) is 0 Å². The number of hydrogen-bond acceptors (Lipinski definition) is 8. The number of nitrogen functional groups attached to an aromatic ring is 1. The Labute approximate surface area is 194 Å². The molecule has 5 rings (SSSR count). The molecule has 0 spiro atoms. The molecule has 3 N–H and O–H groups in total. The van der Waals surface area contributed by atoms with Crippen LogP contribution in [-0.2, 0) is 21.2 Å². The summed E-state index contributed by atoms with van der Waals surface area (Å²) in [5, 5.41) is 3.02. The van der Waals surface area contributed by atoms with Gasteiger partial charge >= 0.3 is 0 Å². The first-order chi connectivity index (χ1) is 15.9. The molecule has 9 nitrogen and oxygen atoms in total. The van der Waals surface area contributed by atoms with Crippen molar-refractivity contribution < 1.29 is 13.2 Å². The van der Waals surface area contributed by atoms with E-state index in [0.29, 0.717) is 31.4 Å². The van der Waals surface area contributed by atoms with Gasteiger partial charge < -0.3 is 20.9 Å². The van der Waals surface area contributed by atoms with E-state index in [0.717, 1.165) is 55.2 Å². The van der Waals surface area contributed by atoms with Crippen LogP contribution in [0.1, 0.15) is 18.4 Å². The number of pyridine rings is 1. The van der Waals surface area contributed by atoms with Crippen molar-refractivity contribution in [3.05, 3.63) is 42.1 Å². The molecule has 0 atom stereocenters. The predicted molar refractivity (Wildman–Crippen MR) is 130 cm³/mol. The summed E-state index contributed by atoms with van der Waals surface area (Å²) in [6.07, 6.45) is 3.56. The molecule has 3 aliphatic rings. The highest BCUT2D eigenvalue weighted by Gasteiger charge is 2.30. The Bertz CT molecular complexity index is 1130. The molecule has 0 saturated carbocycles. The third kappa shape index (κ3) is 4.77. The van der Waals surface area contributed by atoms with Crippen LogP contribution in [0.4, 0.5) is 22.9 Å². The third-order valence-corrected chi connectivity index (χ3v) is 8.51. The van der Waals surface area contributed by atoms with Gasteiger partial charge in [0.05, 0.1) is 35.6 Å². The predicted octanol–water partition coefficient (Wildman–Crippen LogP) is 1.32. The molecule has 2 fully saturated rings. The summed E-state index contributed by atoms with van der Waals surface area (Å²) in [5.74, 6) is 1.21. The van der Waals surface area contributed by atoms with Gasteiger partial charge in [-0.1, -0.05) is 18.2 Å². The smallest absolute Gasteiger partial charge is 0.238 e. The van der Waals surface area contributed by atoms with Gasteiger partial charge in [0.2, 0.25) is 5.91 Å². The van der Waals surface area contributed by atoms with E-state index in [1.54, 1.807) is 6.20 Å². The maximum absolute atomic E-state index is 12.4. The number of nitrogens with two attached hydrogens (primary N) is 1. The minimum atomic E-state index is -2.95. The van der Waals surface area contributed by atoms with Crippen LogP contribution in [0.3, 0.4) is 0 Å². The van der Waals surface area contributed by atoms with Crippen molar-refractivity contribution in [3.63, 3.8) is 0 Å². The summed E-state index contributed by atoms with van der Waals surface area (Å²) in [6, 6.07) is 10.3. The number of amides is 1. The molecular formula is C23H30N6O3S. The number of rotatable bonds is 3. The van der Waals surface area contributed by atoms with Crippen LogP contribution in [0.2, 0.25) is 0 Å². The highest BCUT2D eigenvalue weighted by molar-refractivity contribution is 7.91. The summed E-state index contributed by atoms with van der Waals surface area (Å²) in [6.45, 7) is 3.76. The maximum Gasteiger partial charge on any atom is 0.238 e. The Morgan fingerprint density at radius 3 is 2.48 bits per heavy atom. The zero-order chi connectivity index (χ0) is 23.0. The van der Waals surface area contributed by atoms with Crippen LogP contribution >= 0.6 is 0 Å². The van der Waals surface area contributed by atoms with E-state index in [9.17, 15) is 13.2 Å². The van der Waals surface area contributed by atoms with Crippen molar-refractivity contribution in [2.24, 2.45) is 0 Å². The minimum Gasteiger partial charge on any atom is -0.396 e. The molecule has 1 aromatic heterocycles. The first-order valence-electron chi connectivity index (χ1n) is 11.5. The average Bonchev–Trinajstić information content (AvgIpc) is 2.98. The zero-order valence-electron chi connectivity index (χ0n) is 18.6. The van der Waals surface area contributed by atoms with Crippen molar-refractivity contribution in [2.75, 3.05) is 65.1 Å². The van der Waals surface area contributed by atoms with Gasteiger partial charge in [-0.2, -0.15) is 0 Å². The van der Waals surface area contributed by atoms with Gasteiger partial charge in [0.1, 0.15) is 5.82 Å². The number of fused-ring (bicyclic) bond motifs is 1. The molecule has 0 radical (unpaired) electrons. The second-order valence-corrected chi connectivity index (χ2v) is 11.4. The number of anilines is 4. The summed E-state index contributed by atoms with van der Waals surface area (Å²) < 4.78 is 23.6. The van der Waals surface area contributed by atoms with Gasteiger partial charge in [-0.25, -0.2) is 13.4 Å². The lowest BCUT2D eigenvalue weighted by molar-refractivity contribution is -0.117. The molecule has 176 valence electrons. The number of aromatic nitrogens is 1. The van der Waals surface area contributed by atoms with Crippen LogP contribution in [0.5, 0.6) is 0 Å². The average molecular weight is 471 g/mol. The van der Waals surface area contributed by atoms with Crippen molar-refractivity contribution in [1.29, 1.82) is 0 Å². The molecule has 2 aromatic rings. The van der Waals surface area contributed by atoms with E-state index in [1.165, 1.54) is 0 Å². The topological polar surface area (TPSA) is 112 Å². The van der Waals surface area contributed by atoms with Gasteiger partial charge in [0.15, 0.2) is 9.84 Å². The molecule has 3 aliphatic heterocycles. The third-order valence-electron chi connectivity index (χ3n) is 6.90. The number of carbonyl (C=O) groups excluding carboxylic acids is 1. The van der Waals surface area contributed by atoms with Crippen LogP contribution in [-0.4, -0.2) is 74.5 Å². The molecule has 0 aliphatic carbocycles. The highest BCUT2D eigenvalue weighted by Crippen LogP contribution is 2.31. The van der Waals surface area contributed by atoms with E-state index in [4.69, 9.17) is 5.73 Å². The normalized spacial score (nSPS) is 21.9. The largest absolute Gasteiger partial charge is 0.396 e. The Balaban J connectivity index is 1.25. The van der Waals surface area contributed by atoms with E-state index < -0.39 is 9.84 Å². The lowest BCUT2D eigenvalue weighted by Crippen LogP contribution is -2.46. The summed E-state index contributed by atoms with van der Waals surface area (Å²) in [4.78, 5) is 23.6. The van der Waals surface area contributed by atoms with Crippen molar-refractivity contribution >= 4 is 38.6 Å². The lowest BCUT2D eigenvalue weighted by atomic mass is 10.0. The van der Waals surface area contributed by atoms with E-state index in [-0.39, 0.29) is 17.4 Å². The Morgan fingerprint density at radius 1 is 1.00 bits per heavy atom. The molecule has 1 aromatic carbocycles. The summed E-state index contributed by atoms with van der Waals surface area (Å²) in [5.41, 5.74) is 9.68. The molecule has 2 saturated heterocycles. The maximum atomic E-state index is 12.4. The molecule has 10 heteroatoms. The molecular weight excluding hydrogens is 440 g/mol. The Hall–Kier alpha value is -2.85. The number of para-hydroxylation sites is 1. The fraction of sp³-hybridized carbons (Fsp3) is 0.478. The summed E-state index contributed by atoms with van der Waals surface area (Å²) >= 11 is 0. The van der Waals surface area contributed by atoms with Gasteiger partial charge in [-0.3, -0.25) is 9.69 Å². The molecule has 33 heavy (non-hydrogen) atoms. The number of sulfone groups is 1. The Kier molecular flexibility index (Phi) is 5.88. The van der Waals surface area contributed by atoms with Crippen molar-refractivity contribution in [3.8, 4) is 0 Å². The zero-order valence-corrected chi connectivity index (χ0v) is 19.4. The van der Waals surface area contributed by atoms with Gasteiger partial charge in [0, 0.05) is 50.5 Å². The van der Waals surface area contributed by atoms with Gasteiger partial charge in [-0.15, -0.1) is 0 Å². The number of piperidine rings is 1.